The lowest BCUT2D eigenvalue weighted by Gasteiger charge is -2.43. The van der Waals surface area contributed by atoms with Gasteiger partial charge in [-0.1, -0.05) is 125 Å². The minimum absolute atomic E-state index is 0.0831. The third-order valence-corrected chi connectivity index (χ3v) is 11.7. The van der Waals surface area contributed by atoms with Crippen LogP contribution in [0.1, 0.15) is 95.1 Å². The van der Waals surface area contributed by atoms with Crippen LogP contribution in [0.2, 0.25) is 0 Å². The number of hydrogen-bond donors (Lipinski definition) is 6. The van der Waals surface area contributed by atoms with E-state index in [9.17, 15) is 34.4 Å². The summed E-state index contributed by atoms with van der Waals surface area (Å²) in [5, 5.41) is 43.7. The lowest BCUT2D eigenvalue weighted by molar-refractivity contribution is -0.217. The van der Waals surface area contributed by atoms with Crippen LogP contribution in [-0.4, -0.2) is 101 Å². The minimum Gasteiger partial charge on any atom is -0.387 e. The predicted molar refractivity (Wildman–Crippen MR) is 210 cm³/mol. The maximum Gasteiger partial charge on any atom is 0.475 e. The van der Waals surface area contributed by atoms with Crippen LogP contribution in [-0.2, 0) is 54.4 Å². The molecule has 1 saturated carbocycles. The molecule has 0 heterocycles. The molecule has 0 spiro atoms. The van der Waals surface area contributed by atoms with Crippen molar-refractivity contribution < 1.29 is 66.5 Å². The first-order valence-electron chi connectivity index (χ1n) is 19.9. The molecular weight excluding hydrogens is 768 g/mol. The van der Waals surface area contributed by atoms with Crippen molar-refractivity contribution >= 4 is 15.6 Å². The second-order valence-corrected chi connectivity index (χ2v) is 17.1. The second-order valence-electron chi connectivity index (χ2n) is 14.1. The Balaban J connectivity index is 1.64. The highest BCUT2D eigenvalue weighted by atomic mass is 31.2. The van der Waals surface area contributed by atoms with E-state index in [4.69, 9.17) is 37.8 Å². The molecule has 0 aromatic heterocycles. The molecule has 2 aromatic rings. The maximum absolute atomic E-state index is 14.0. The molecule has 15 nitrogen and oxygen atoms in total. The molecule has 0 radical (unpaired) electrons. The summed E-state index contributed by atoms with van der Waals surface area (Å²) in [5.41, 5.74) is 6.77. The number of ether oxygens (including phenoxy) is 2. The minimum atomic E-state index is -5.08. The van der Waals surface area contributed by atoms with Gasteiger partial charge in [0.25, 0.3) is 0 Å². The smallest absolute Gasteiger partial charge is 0.387 e. The van der Waals surface area contributed by atoms with Crippen LogP contribution in [0.15, 0.2) is 60.7 Å². The molecule has 2 aromatic carbocycles. The number of aliphatic hydroxyl groups excluding tert-OH is 4. The molecule has 3 rings (SSSR count). The molecule has 7 N–H and O–H groups in total. The molecule has 1 aliphatic carbocycles. The summed E-state index contributed by atoms with van der Waals surface area (Å²) in [6.07, 6.45) is -0.692. The first-order valence-corrected chi connectivity index (χ1v) is 22.9. The third-order valence-electron chi connectivity index (χ3n) is 9.34. The average molecular weight is 834 g/mol. The summed E-state index contributed by atoms with van der Waals surface area (Å²) in [5.74, 6) is 0. The molecule has 0 bridgehead atoms. The van der Waals surface area contributed by atoms with Crippen molar-refractivity contribution in [3.05, 3.63) is 71.8 Å². The quantitative estimate of drug-likeness (QED) is 0.0382. The number of nitrogens with two attached hydrogens (primary N) is 1. The molecule has 8 atom stereocenters. The van der Waals surface area contributed by atoms with Crippen molar-refractivity contribution in [1.29, 1.82) is 0 Å². The number of aliphatic hydroxyl groups is 4. The van der Waals surface area contributed by atoms with Crippen molar-refractivity contribution in [2.24, 2.45) is 5.73 Å². The molecule has 1 fully saturated rings. The summed E-state index contributed by atoms with van der Waals surface area (Å²) >= 11 is 0. The van der Waals surface area contributed by atoms with Crippen LogP contribution in [0.5, 0.6) is 0 Å². The van der Waals surface area contributed by atoms with E-state index in [1.165, 1.54) is 6.42 Å². The number of phosphoric ester groups is 2. The summed E-state index contributed by atoms with van der Waals surface area (Å²) < 4.78 is 66.3. The van der Waals surface area contributed by atoms with Gasteiger partial charge in [-0.05, 0) is 36.9 Å². The lowest BCUT2D eigenvalue weighted by atomic mass is 9.85. The SMILES string of the molecule is CCCCCCCCO[C@H](COCCCCCCCCN)COP(=O)(O)O[C@@H]1[C@H](O)[C@H](OP(=O)(OCc2ccccc2)OCc2ccccc2)[C@@H](O)[C@H](O)[C@H]1O. The van der Waals surface area contributed by atoms with Gasteiger partial charge in [0.2, 0.25) is 0 Å². The molecule has 1 aliphatic rings. The van der Waals surface area contributed by atoms with Gasteiger partial charge in [-0.25, -0.2) is 9.13 Å². The molecule has 17 heteroatoms. The van der Waals surface area contributed by atoms with Crippen LogP contribution in [0.25, 0.3) is 0 Å². The predicted octanol–water partition coefficient (Wildman–Crippen LogP) is 5.93. The molecule has 320 valence electrons. The second kappa shape index (κ2) is 27.2. The highest BCUT2D eigenvalue weighted by Crippen LogP contribution is 2.54. The molecule has 56 heavy (non-hydrogen) atoms. The molecule has 0 aliphatic heterocycles. The third kappa shape index (κ3) is 18.5. The Hall–Kier alpha value is -1.62. The van der Waals surface area contributed by atoms with Crippen molar-refractivity contribution in [1.82, 2.24) is 0 Å². The summed E-state index contributed by atoms with van der Waals surface area (Å²) in [4.78, 5) is 10.8. The van der Waals surface area contributed by atoms with Crippen LogP contribution in [0.3, 0.4) is 0 Å². The Labute approximate surface area is 332 Å². The number of benzene rings is 2. The fourth-order valence-corrected chi connectivity index (χ4v) is 8.37. The first kappa shape index (κ1) is 48.7. The van der Waals surface area contributed by atoms with Crippen molar-refractivity contribution in [2.45, 2.75) is 140 Å². The monoisotopic (exact) mass is 833 g/mol. The van der Waals surface area contributed by atoms with Crippen LogP contribution < -0.4 is 5.73 Å². The Morgan fingerprint density at radius 3 is 1.66 bits per heavy atom. The van der Waals surface area contributed by atoms with E-state index in [1.807, 2.05) is 0 Å². The van der Waals surface area contributed by atoms with E-state index < -0.39 is 65.0 Å². The van der Waals surface area contributed by atoms with Gasteiger partial charge in [0.05, 0.1) is 26.4 Å². The van der Waals surface area contributed by atoms with Crippen LogP contribution >= 0.6 is 15.6 Å². The van der Waals surface area contributed by atoms with Gasteiger partial charge in [0.15, 0.2) is 0 Å². The number of unbranched alkanes of at least 4 members (excludes halogenated alkanes) is 10. The lowest BCUT2D eigenvalue weighted by Crippen LogP contribution is -2.64. The van der Waals surface area contributed by atoms with Gasteiger partial charge in [0, 0.05) is 13.2 Å². The zero-order valence-electron chi connectivity index (χ0n) is 32.6. The highest BCUT2D eigenvalue weighted by molar-refractivity contribution is 7.48. The van der Waals surface area contributed by atoms with E-state index in [0.717, 1.165) is 70.6 Å². The fourth-order valence-electron chi connectivity index (χ4n) is 6.04. The molecular formula is C39H65NO14P2. The van der Waals surface area contributed by atoms with Gasteiger partial charge in [-0.3, -0.25) is 22.6 Å². The van der Waals surface area contributed by atoms with Crippen LogP contribution in [0.4, 0.5) is 0 Å². The Kier molecular flexibility index (Phi) is 23.7. The highest BCUT2D eigenvalue weighted by Gasteiger charge is 2.55. The zero-order valence-corrected chi connectivity index (χ0v) is 34.4. The van der Waals surface area contributed by atoms with Gasteiger partial charge < -0.3 is 40.5 Å². The maximum atomic E-state index is 14.0. The first-order chi connectivity index (χ1) is 27.0. The average Bonchev–Trinajstić information content (AvgIpc) is 3.20. The number of rotatable bonds is 31. The number of hydrogen-bond acceptors (Lipinski definition) is 14. The largest absolute Gasteiger partial charge is 0.475 e. The zero-order chi connectivity index (χ0) is 40.7. The summed E-state index contributed by atoms with van der Waals surface area (Å²) in [7, 11) is -9.74. The number of phosphoric acid groups is 2. The van der Waals surface area contributed by atoms with Gasteiger partial charge in [0.1, 0.15) is 42.7 Å². The standard InChI is InChI=1S/C39H65NO14P2/c1-2-3-4-5-10-19-26-49-33(29-48-25-18-9-7-6-8-17-24-40)30-50-55(45,46)53-38-35(42)34(41)36(43)39(37(38)44)54-56(47,51-27-31-20-13-11-14-21-31)52-28-32-22-15-12-16-23-32/h11-16,20-23,33-39,41-44H,2-10,17-19,24-30,40H2,1H3,(H,45,46)/t33-,34-,35-,36+,37+,38+,39-/m1/s1. The van der Waals surface area contributed by atoms with Crippen molar-refractivity contribution in [3.63, 3.8) is 0 Å². The summed E-state index contributed by atoms with van der Waals surface area (Å²) in [6, 6.07) is 17.3. The summed E-state index contributed by atoms with van der Waals surface area (Å²) in [6.45, 7) is 2.84. The van der Waals surface area contributed by atoms with Crippen molar-refractivity contribution in [3.8, 4) is 0 Å². The topological polar surface area (TPSA) is 226 Å². The van der Waals surface area contributed by atoms with E-state index >= 15 is 0 Å². The normalized spacial score (nSPS) is 23.2. The van der Waals surface area contributed by atoms with Gasteiger partial charge in [-0.2, -0.15) is 0 Å². The van der Waals surface area contributed by atoms with Crippen LogP contribution in [0, 0.1) is 0 Å². The van der Waals surface area contributed by atoms with E-state index in [-0.39, 0.29) is 19.8 Å². The fraction of sp³-hybridized carbons (Fsp3) is 0.692. The molecule has 0 amide bonds. The molecule has 1 unspecified atom stereocenters. The molecule has 0 saturated heterocycles. The van der Waals surface area contributed by atoms with E-state index in [0.29, 0.717) is 30.9 Å². The van der Waals surface area contributed by atoms with E-state index in [2.05, 4.69) is 6.92 Å². The Morgan fingerprint density at radius 1 is 0.607 bits per heavy atom. The Bertz CT molecular complexity index is 1350. The van der Waals surface area contributed by atoms with Gasteiger partial charge >= 0.3 is 15.6 Å². The Morgan fingerprint density at radius 2 is 1.11 bits per heavy atom. The van der Waals surface area contributed by atoms with Gasteiger partial charge in [-0.15, -0.1) is 0 Å². The van der Waals surface area contributed by atoms with E-state index in [1.54, 1.807) is 60.7 Å². The van der Waals surface area contributed by atoms with Crippen molar-refractivity contribution in [2.75, 3.05) is 33.0 Å².